The van der Waals surface area contributed by atoms with Crippen molar-refractivity contribution < 1.29 is 4.74 Å². The zero-order valence-electron chi connectivity index (χ0n) is 14.1. The van der Waals surface area contributed by atoms with Crippen molar-refractivity contribution in [3.8, 4) is 0 Å². The maximum Gasteiger partial charge on any atom is 0.0859 e. The highest BCUT2D eigenvalue weighted by Gasteiger charge is 2.29. The predicted molar refractivity (Wildman–Crippen MR) is 85.6 cm³/mol. The summed E-state index contributed by atoms with van der Waals surface area (Å²) in [5.41, 5.74) is 2.44. The van der Waals surface area contributed by atoms with Crippen molar-refractivity contribution in [3.63, 3.8) is 0 Å². The van der Waals surface area contributed by atoms with E-state index in [2.05, 4.69) is 42.2 Å². The second-order valence-corrected chi connectivity index (χ2v) is 6.20. The SMILES string of the molecule is CCc1cc(CC(NC)C2CN(C(C)C)CCO2)n(C)n1. The maximum absolute atomic E-state index is 6.02. The number of rotatable bonds is 6. The molecule has 1 N–H and O–H groups in total. The third kappa shape index (κ3) is 4.05. The Morgan fingerprint density at radius 2 is 2.24 bits per heavy atom. The largest absolute Gasteiger partial charge is 0.374 e. The number of nitrogens with zero attached hydrogens (tertiary/aromatic N) is 3. The Hall–Kier alpha value is -0.910. The van der Waals surface area contributed by atoms with Gasteiger partial charge in [0, 0.05) is 44.3 Å². The molecule has 120 valence electrons. The third-order valence-electron chi connectivity index (χ3n) is 4.49. The van der Waals surface area contributed by atoms with E-state index in [1.807, 2.05) is 18.8 Å². The third-order valence-corrected chi connectivity index (χ3v) is 4.49. The van der Waals surface area contributed by atoms with Crippen LogP contribution in [0.25, 0.3) is 0 Å². The molecule has 21 heavy (non-hydrogen) atoms. The highest BCUT2D eigenvalue weighted by molar-refractivity contribution is 5.12. The minimum Gasteiger partial charge on any atom is -0.374 e. The van der Waals surface area contributed by atoms with Crippen molar-refractivity contribution in [2.45, 2.75) is 51.8 Å². The molecule has 0 amide bonds. The molecule has 1 aliphatic heterocycles. The van der Waals surface area contributed by atoms with Gasteiger partial charge in [-0.25, -0.2) is 0 Å². The molecule has 1 aromatic heterocycles. The zero-order valence-corrected chi connectivity index (χ0v) is 14.1. The number of nitrogens with one attached hydrogen (secondary N) is 1. The average molecular weight is 294 g/mol. The fourth-order valence-electron chi connectivity index (χ4n) is 2.99. The summed E-state index contributed by atoms with van der Waals surface area (Å²) in [4.78, 5) is 2.50. The fraction of sp³-hybridized carbons (Fsp3) is 0.812. The second-order valence-electron chi connectivity index (χ2n) is 6.20. The molecule has 0 aliphatic carbocycles. The van der Waals surface area contributed by atoms with E-state index in [1.54, 1.807) is 0 Å². The van der Waals surface area contributed by atoms with Gasteiger partial charge in [0.15, 0.2) is 0 Å². The van der Waals surface area contributed by atoms with Gasteiger partial charge < -0.3 is 10.1 Å². The van der Waals surface area contributed by atoms with Crippen LogP contribution in [0.4, 0.5) is 0 Å². The standard InChI is InChI=1S/C16H30N4O/c1-6-13-9-14(19(5)18-13)10-15(17-4)16-11-20(12(2)3)7-8-21-16/h9,12,15-17H,6-8,10-11H2,1-5H3. The topological polar surface area (TPSA) is 42.3 Å². The van der Waals surface area contributed by atoms with Gasteiger partial charge in [-0.05, 0) is 33.4 Å². The number of aryl methyl sites for hydroxylation is 2. The molecule has 2 atom stereocenters. The van der Waals surface area contributed by atoms with E-state index in [4.69, 9.17) is 4.74 Å². The van der Waals surface area contributed by atoms with Crippen LogP contribution in [0, 0.1) is 0 Å². The van der Waals surface area contributed by atoms with Crippen LogP contribution in [0.2, 0.25) is 0 Å². The molecule has 5 nitrogen and oxygen atoms in total. The number of morpholine rings is 1. The first-order valence-electron chi connectivity index (χ1n) is 8.09. The first-order chi connectivity index (χ1) is 10.0. The summed E-state index contributed by atoms with van der Waals surface area (Å²) in [7, 11) is 4.06. The van der Waals surface area contributed by atoms with Gasteiger partial charge in [-0.3, -0.25) is 9.58 Å². The summed E-state index contributed by atoms with van der Waals surface area (Å²) in [6.07, 6.45) is 2.18. The van der Waals surface area contributed by atoms with E-state index in [-0.39, 0.29) is 6.10 Å². The van der Waals surface area contributed by atoms with Crippen LogP contribution in [0.3, 0.4) is 0 Å². The average Bonchev–Trinajstić information content (AvgIpc) is 2.85. The van der Waals surface area contributed by atoms with E-state index < -0.39 is 0 Å². The van der Waals surface area contributed by atoms with Crippen LogP contribution in [0.1, 0.15) is 32.2 Å². The molecule has 1 aromatic rings. The molecule has 0 bridgehead atoms. The number of likely N-dealkylation sites (N-methyl/N-ethyl adjacent to an activating group) is 1. The lowest BCUT2D eigenvalue weighted by Crippen LogP contribution is -2.54. The number of hydrogen-bond donors (Lipinski definition) is 1. The van der Waals surface area contributed by atoms with Gasteiger partial charge in [-0.15, -0.1) is 0 Å². The Bertz CT molecular complexity index is 443. The quantitative estimate of drug-likeness (QED) is 0.857. The highest BCUT2D eigenvalue weighted by atomic mass is 16.5. The molecule has 5 heteroatoms. The molecule has 1 saturated heterocycles. The van der Waals surface area contributed by atoms with E-state index >= 15 is 0 Å². The van der Waals surface area contributed by atoms with Gasteiger partial charge in [0.05, 0.1) is 18.4 Å². The van der Waals surface area contributed by atoms with E-state index in [9.17, 15) is 0 Å². The molecule has 0 radical (unpaired) electrons. The fourth-order valence-corrected chi connectivity index (χ4v) is 2.99. The first-order valence-corrected chi connectivity index (χ1v) is 8.09. The Kier molecular flexibility index (Phi) is 5.79. The minimum absolute atomic E-state index is 0.242. The van der Waals surface area contributed by atoms with Crippen molar-refractivity contribution in [1.29, 1.82) is 0 Å². The lowest BCUT2D eigenvalue weighted by Gasteiger charge is -2.38. The van der Waals surface area contributed by atoms with E-state index in [1.165, 1.54) is 5.69 Å². The molecular formula is C16H30N4O. The van der Waals surface area contributed by atoms with E-state index in [0.29, 0.717) is 12.1 Å². The van der Waals surface area contributed by atoms with Gasteiger partial charge in [-0.1, -0.05) is 6.92 Å². The first kappa shape index (κ1) is 16.5. The van der Waals surface area contributed by atoms with Gasteiger partial charge in [0.25, 0.3) is 0 Å². The van der Waals surface area contributed by atoms with Crippen molar-refractivity contribution >= 4 is 0 Å². The van der Waals surface area contributed by atoms with Gasteiger partial charge >= 0.3 is 0 Å². The lowest BCUT2D eigenvalue weighted by atomic mass is 10.0. The van der Waals surface area contributed by atoms with Gasteiger partial charge in [0.2, 0.25) is 0 Å². The van der Waals surface area contributed by atoms with Crippen LogP contribution in [-0.2, 0) is 24.6 Å². The lowest BCUT2D eigenvalue weighted by molar-refractivity contribution is -0.0544. The summed E-state index contributed by atoms with van der Waals surface area (Å²) < 4.78 is 8.03. The molecule has 0 spiro atoms. The van der Waals surface area contributed by atoms with Crippen molar-refractivity contribution in [2.24, 2.45) is 7.05 Å². The summed E-state index contributed by atoms with van der Waals surface area (Å²) in [6.45, 7) is 9.52. The van der Waals surface area contributed by atoms with Crippen molar-refractivity contribution in [2.75, 3.05) is 26.7 Å². The Labute approximate surface area is 128 Å². The summed E-state index contributed by atoms with van der Waals surface area (Å²) in [6, 6.07) is 3.12. The number of hydrogen-bond acceptors (Lipinski definition) is 4. The zero-order chi connectivity index (χ0) is 15.4. The van der Waals surface area contributed by atoms with Gasteiger partial charge in [0.1, 0.15) is 0 Å². The molecule has 1 fully saturated rings. The molecule has 2 unspecified atom stereocenters. The maximum atomic E-state index is 6.02. The van der Waals surface area contributed by atoms with Crippen LogP contribution in [0.15, 0.2) is 6.07 Å². The smallest absolute Gasteiger partial charge is 0.0859 e. The molecule has 0 saturated carbocycles. The van der Waals surface area contributed by atoms with E-state index in [0.717, 1.165) is 38.2 Å². The number of aromatic nitrogens is 2. The summed E-state index contributed by atoms with van der Waals surface area (Å²) in [5.74, 6) is 0. The predicted octanol–water partition coefficient (Wildman–Crippen LogP) is 1.22. The molecule has 2 heterocycles. The molecule has 0 aromatic carbocycles. The normalized spacial score (nSPS) is 21.9. The Morgan fingerprint density at radius 1 is 1.48 bits per heavy atom. The minimum atomic E-state index is 0.242. The number of ether oxygens (including phenoxy) is 1. The molecular weight excluding hydrogens is 264 g/mol. The molecule has 2 rings (SSSR count). The Balaban J connectivity index is 2.03. The van der Waals surface area contributed by atoms with Crippen LogP contribution < -0.4 is 5.32 Å². The van der Waals surface area contributed by atoms with Crippen molar-refractivity contribution in [3.05, 3.63) is 17.5 Å². The highest BCUT2D eigenvalue weighted by Crippen LogP contribution is 2.15. The monoisotopic (exact) mass is 294 g/mol. The van der Waals surface area contributed by atoms with Crippen LogP contribution in [0.5, 0.6) is 0 Å². The van der Waals surface area contributed by atoms with Crippen molar-refractivity contribution in [1.82, 2.24) is 20.0 Å². The van der Waals surface area contributed by atoms with Crippen LogP contribution in [-0.4, -0.2) is 59.6 Å². The molecule has 1 aliphatic rings. The summed E-state index contributed by atoms with van der Waals surface area (Å²) in [5, 5.41) is 7.98. The summed E-state index contributed by atoms with van der Waals surface area (Å²) >= 11 is 0. The van der Waals surface area contributed by atoms with Crippen LogP contribution >= 0.6 is 0 Å². The van der Waals surface area contributed by atoms with Gasteiger partial charge in [-0.2, -0.15) is 5.10 Å². The second kappa shape index (κ2) is 7.38. The Morgan fingerprint density at radius 3 is 2.81 bits per heavy atom.